The minimum Gasteiger partial charge on any atom is -0.370 e. The monoisotopic (exact) mass is 437 g/mol. The zero-order valence-corrected chi connectivity index (χ0v) is 18.6. The van der Waals surface area contributed by atoms with Gasteiger partial charge in [-0.15, -0.1) is 10.2 Å². The molecule has 1 unspecified atom stereocenters. The Labute approximate surface area is 180 Å². The highest BCUT2D eigenvalue weighted by Crippen LogP contribution is 2.22. The van der Waals surface area contributed by atoms with Crippen LogP contribution in [0.5, 0.6) is 0 Å². The van der Waals surface area contributed by atoms with Gasteiger partial charge in [0.15, 0.2) is 5.16 Å². The van der Waals surface area contributed by atoms with Gasteiger partial charge in [0.05, 0.1) is 11.8 Å². The summed E-state index contributed by atoms with van der Waals surface area (Å²) in [7, 11) is 0. The SMILES string of the molecule is CCC(NC(=O)CSc1nnc(CCC(N)=O)n1CC(C)C)c1ccc(Cl)cc1. The molecule has 0 saturated heterocycles. The van der Waals surface area contributed by atoms with Gasteiger partial charge in [-0.2, -0.15) is 0 Å². The van der Waals surface area contributed by atoms with Crippen LogP contribution in [-0.4, -0.2) is 32.3 Å². The van der Waals surface area contributed by atoms with E-state index in [4.69, 9.17) is 17.3 Å². The molecule has 3 N–H and O–H groups in total. The fraction of sp³-hybridized carbons (Fsp3) is 0.500. The van der Waals surface area contributed by atoms with Gasteiger partial charge in [-0.05, 0) is 30.0 Å². The van der Waals surface area contributed by atoms with Gasteiger partial charge in [-0.3, -0.25) is 9.59 Å². The number of hydrogen-bond acceptors (Lipinski definition) is 5. The summed E-state index contributed by atoms with van der Waals surface area (Å²) >= 11 is 7.29. The molecule has 29 heavy (non-hydrogen) atoms. The van der Waals surface area contributed by atoms with E-state index in [1.807, 2.05) is 35.8 Å². The Hall–Kier alpha value is -2.06. The highest BCUT2D eigenvalue weighted by molar-refractivity contribution is 7.99. The number of nitrogens with two attached hydrogens (primary N) is 1. The molecule has 1 atom stereocenters. The molecule has 0 bridgehead atoms. The Kier molecular flexibility index (Phi) is 8.98. The predicted molar refractivity (Wildman–Crippen MR) is 116 cm³/mol. The van der Waals surface area contributed by atoms with Crippen molar-refractivity contribution in [2.45, 2.75) is 57.8 Å². The Bertz CT molecular complexity index is 823. The van der Waals surface area contributed by atoms with Gasteiger partial charge in [0.2, 0.25) is 11.8 Å². The van der Waals surface area contributed by atoms with Gasteiger partial charge in [-0.1, -0.05) is 56.3 Å². The maximum absolute atomic E-state index is 12.5. The van der Waals surface area contributed by atoms with Crippen molar-refractivity contribution >= 4 is 35.2 Å². The summed E-state index contributed by atoms with van der Waals surface area (Å²) in [5, 5.41) is 12.8. The van der Waals surface area contributed by atoms with Crippen LogP contribution in [-0.2, 0) is 22.6 Å². The number of amides is 2. The van der Waals surface area contributed by atoms with Crippen molar-refractivity contribution in [2.75, 3.05) is 5.75 Å². The molecular formula is C20H28ClN5O2S. The maximum atomic E-state index is 12.5. The Morgan fingerprint density at radius 3 is 2.52 bits per heavy atom. The number of thioether (sulfide) groups is 1. The van der Waals surface area contributed by atoms with Gasteiger partial charge >= 0.3 is 0 Å². The van der Waals surface area contributed by atoms with Crippen molar-refractivity contribution in [1.29, 1.82) is 0 Å². The molecule has 2 rings (SSSR count). The van der Waals surface area contributed by atoms with Gasteiger partial charge < -0.3 is 15.6 Å². The third-order valence-electron chi connectivity index (χ3n) is 4.28. The molecule has 158 valence electrons. The number of hydrogen-bond donors (Lipinski definition) is 2. The fourth-order valence-electron chi connectivity index (χ4n) is 2.88. The quantitative estimate of drug-likeness (QED) is 0.524. The van der Waals surface area contributed by atoms with Gasteiger partial charge in [0, 0.05) is 24.4 Å². The molecule has 2 amide bonds. The third kappa shape index (κ3) is 7.36. The van der Waals surface area contributed by atoms with E-state index in [-0.39, 0.29) is 30.0 Å². The second-order valence-corrected chi connectivity index (χ2v) is 8.62. The zero-order chi connectivity index (χ0) is 21.4. The highest BCUT2D eigenvalue weighted by Gasteiger charge is 2.17. The molecule has 0 aliphatic heterocycles. The second-order valence-electron chi connectivity index (χ2n) is 7.24. The number of primary amides is 1. The lowest BCUT2D eigenvalue weighted by molar-refractivity contribution is -0.119. The number of aryl methyl sites for hydroxylation is 1. The van der Waals surface area contributed by atoms with Gasteiger partial charge in [-0.25, -0.2) is 0 Å². The summed E-state index contributed by atoms with van der Waals surface area (Å²) in [6.45, 7) is 6.93. The van der Waals surface area contributed by atoms with Crippen LogP contribution >= 0.6 is 23.4 Å². The zero-order valence-electron chi connectivity index (χ0n) is 17.0. The number of carbonyl (C=O) groups is 2. The summed E-state index contributed by atoms with van der Waals surface area (Å²) < 4.78 is 1.97. The van der Waals surface area contributed by atoms with Crippen molar-refractivity contribution < 1.29 is 9.59 Å². The first-order valence-electron chi connectivity index (χ1n) is 9.68. The molecule has 0 spiro atoms. The van der Waals surface area contributed by atoms with E-state index in [1.54, 1.807) is 0 Å². The van der Waals surface area contributed by atoms with E-state index >= 15 is 0 Å². The van der Waals surface area contributed by atoms with Crippen LogP contribution in [0.2, 0.25) is 5.02 Å². The van der Waals surface area contributed by atoms with Crippen molar-refractivity contribution in [3.8, 4) is 0 Å². The van der Waals surface area contributed by atoms with Crippen LogP contribution in [0.15, 0.2) is 29.4 Å². The van der Waals surface area contributed by atoms with E-state index in [1.165, 1.54) is 11.8 Å². The molecule has 7 nitrogen and oxygen atoms in total. The van der Waals surface area contributed by atoms with Crippen LogP contribution in [0, 0.1) is 5.92 Å². The number of nitrogens with one attached hydrogen (secondary N) is 1. The normalized spacial score (nSPS) is 12.2. The van der Waals surface area contributed by atoms with E-state index in [0.717, 1.165) is 12.0 Å². The van der Waals surface area contributed by atoms with Gasteiger partial charge in [0.1, 0.15) is 5.82 Å². The molecule has 1 aromatic heterocycles. The molecule has 1 aromatic carbocycles. The highest BCUT2D eigenvalue weighted by atomic mass is 35.5. The summed E-state index contributed by atoms with van der Waals surface area (Å²) in [6, 6.07) is 7.42. The van der Waals surface area contributed by atoms with E-state index < -0.39 is 0 Å². The number of halogens is 1. The van der Waals surface area contributed by atoms with Crippen molar-refractivity contribution in [3.63, 3.8) is 0 Å². The maximum Gasteiger partial charge on any atom is 0.230 e. The van der Waals surface area contributed by atoms with Crippen molar-refractivity contribution in [1.82, 2.24) is 20.1 Å². The molecule has 9 heteroatoms. The summed E-state index contributed by atoms with van der Waals surface area (Å²) in [6.07, 6.45) is 1.44. The van der Waals surface area contributed by atoms with E-state index in [9.17, 15) is 9.59 Å². The van der Waals surface area contributed by atoms with Crippen LogP contribution in [0.3, 0.4) is 0 Å². The molecule has 0 fully saturated rings. The summed E-state index contributed by atoms with van der Waals surface area (Å²) in [4.78, 5) is 23.6. The number of nitrogens with zero attached hydrogens (tertiary/aromatic N) is 3. The molecule has 2 aromatic rings. The molecule has 0 saturated carbocycles. The van der Waals surface area contributed by atoms with Crippen molar-refractivity contribution in [3.05, 3.63) is 40.7 Å². The molecule has 0 aliphatic carbocycles. The lowest BCUT2D eigenvalue weighted by Crippen LogP contribution is -2.29. The van der Waals surface area contributed by atoms with E-state index in [0.29, 0.717) is 34.9 Å². The number of benzene rings is 1. The van der Waals surface area contributed by atoms with Gasteiger partial charge in [0.25, 0.3) is 0 Å². The van der Waals surface area contributed by atoms with Crippen LogP contribution in [0.1, 0.15) is 51.0 Å². The van der Waals surface area contributed by atoms with Crippen molar-refractivity contribution in [2.24, 2.45) is 11.7 Å². The Morgan fingerprint density at radius 1 is 1.24 bits per heavy atom. The first kappa shape index (κ1) is 23.2. The lowest BCUT2D eigenvalue weighted by Gasteiger charge is -2.17. The third-order valence-corrected chi connectivity index (χ3v) is 5.50. The minimum absolute atomic E-state index is 0.0694. The smallest absolute Gasteiger partial charge is 0.230 e. The summed E-state index contributed by atoms with van der Waals surface area (Å²) in [5.74, 6) is 0.879. The fourth-order valence-corrected chi connectivity index (χ4v) is 3.78. The standard InChI is InChI=1S/C20H28ClN5O2S/c1-4-16(14-5-7-15(21)8-6-14)23-19(28)12-29-20-25-24-18(10-9-17(22)27)26(20)11-13(2)3/h5-8,13,16H,4,9-12H2,1-3H3,(H2,22,27)(H,23,28). The molecule has 0 radical (unpaired) electrons. The average Bonchev–Trinajstić information content (AvgIpc) is 3.04. The van der Waals surface area contributed by atoms with Crippen LogP contribution in [0.4, 0.5) is 0 Å². The Morgan fingerprint density at radius 2 is 1.93 bits per heavy atom. The first-order chi connectivity index (χ1) is 13.8. The van der Waals surface area contributed by atoms with E-state index in [2.05, 4.69) is 29.4 Å². The predicted octanol–water partition coefficient (Wildman–Crippen LogP) is 3.37. The average molecular weight is 438 g/mol. The second kappa shape index (κ2) is 11.2. The molecular weight excluding hydrogens is 410 g/mol. The minimum atomic E-state index is -0.370. The number of carbonyl (C=O) groups excluding carboxylic acids is 2. The number of rotatable bonds is 11. The van der Waals surface area contributed by atoms with Crippen LogP contribution in [0.25, 0.3) is 0 Å². The largest absolute Gasteiger partial charge is 0.370 e. The molecule has 1 heterocycles. The first-order valence-corrected chi connectivity index (χ1v) is 11.0. The summed E-state index contributed by atoms with van der Waals surface area (Å²) in [5.41, 5.74) is 6.27. The number of aromatic nitrogens is 3. The lowest BCUT2D eigenvalue weighted by atomic mass is 10.0. The molecule has 0 aliphatic rings. The topological polar surface area (TPSA) is 103 Å². The Balaban J connectivity index is 2.00. The van der Waals surface area contributed by atoms with Crippen LogP contribution < -0.4 is 11.1 Å².